The summed E-state index contributed by atoms with van der Waals surface area (Å²) in [6.07, 6.45) is 5.51. The number of carbonyl (C=O) groups excluding carboxylic acids is 2. The minimum atomic E-state index is -0.226. The second kappa shape index (κ2) is 3.25. The number of methoxy groups -OCH3 is 2. The highest BCUT2D eigenvalue weighted by molar-refractivity contribution is 5.85. The van der Waals surface area contributed by atoms with Gasteiger partial charge in [-0.25, -0.2) is 0 Å². The minimum Gasteiger partial charge on any atom is -0.469 e. The Kier molecular flexibility index (Phi) is 1.83. The summed E-state index contributed by atoms with van der Waals surface area (Å²) in [4.78, 5) is 24.8. The molecule has 0 heterocycles. The van der Waals surface area contributed by atoms with Gasteiger partial charge in [0.25, 0.3) is 0 Å². The van der Waals surface area contributed by atoms with E-state index in [-0.39, 0.29) is 23.8 Å². The molecule has 0 aromatic rings. The average Bonchev–Trinajstić information content (AvgIpc) is 2.55. The van der Waals surface area contributed by atoms with E-state index in [1.165, 1.54) is 39.9 Å². The molecule has 4 nitrogen and oxygen atoms in total. The Bertz CT molecular complexity index is 551. The maximum Gasteiger partial charge on any atom is 0.309 e. The molecule has 7 aliphatic carbocycles. The molecule has 0 aromatic heterocycles. The van der Waals surface area contributed by atoms with E-state index in [0.29, 0.717) is 22.7 Å². The highest BCUT2D eigenvalue weighted by Crippen LogP contribution is 3.05. The van der Waals surface area contributed by atoms with E-state index in [1.54, 1.807) is 0 Å². The summed E-state index contributed by atoms with van der Waals surface area (Å²) in [6.45, 7) is 0. The molecule has 7 fully saturated rings. The molecule has 7 rings (SSSR count). The molecule has 4 heteroatoms. The van der Waals surface area contributed by atoms with Crippen LogP contribution in [-0.2, 0) is 19.1 Å². The Balaban J connectivity index is 1.45. The van der Waals surface area contributed by atoms with Gasteiger partial charge in [0.05, 0.1) is 26.1 Å². The van der Waals surface area contributed by atoms with E-state index in [4.69, 9.17) is 9.47 Å². The van der Waals surface area contributed by atoms with Crippen LogP contribution in [0.1, 0.15) is 25.7 Å². The van der Waals surface area contributed by atoms with E-state index >= 15 is 0 Å². The van der Waals surface area contributed by atoms with Gasteiger partial charge in [-0.05, 0) is 59.2 Å². The van der Waals surface area contributed by atoms with Crippen molar-refractivity contribution in [3.05, 3.63) is 0 Å². The average molecular weight is 302 g/mol. The fourth-order valence-electron chi connectivity index (χ4n) is 9.53. The van der Waals surface area contributed by atoms with Crippen molar-refractivity contribution in [1.82, 2.24) is 0 Å². The van der Waals surface area contributed by atoms with Crippen LogP contribution in [0.4, 0.5) is 0 Å². The molecular weight excluding hydrogens is 280 g/mol. The molecule has 22 heavy (non-hydrogen) atoms. The van der Waals surface area contributed by atoms with Crippen molar-refractivity contribution in [2.45, 2.75) is 25.7 Å². The van der Waals surface area contributed by atoms with Crippen LogP contribution in [0.25, 0.3) is 0 Å². The van der Waals surface area contributed by atoms with Gasteiger partial charge in [0, 0.05) is 0 Å². The van der Waals surface area contributed by atoms with Crippen molar-refractivity contribution in [1.29, 1.82) is 0 Å². The number of carbonyl (C=O) groups is 2. The Labute approximate surface area is 129 Å². The third-order valence-corrected chi connectivity index (χ3v) is 9.27. The normalized spacial score (nSPS) is 63.9. The van der Waals surface area contributed by atoms with Gasteiger partial charge >= 0.3 is 11.9 Å². The molecule has 7 saturated carbocycles. The van der Waals surface area contributed by atoms with Gasteiger partial charge in [-0.3, -0.25) is 9.59 Å². The molecule has 0 radical (unpaired) electrons. The first-order chi connectivity index (χ1) is 10.7. The standard InChI is InChI=1S/C18H22O4/c1-21-15(19)7-8(16(20)22-2)10-13-11-9(7)12-14(10)18(13)6-4-3-5-17(11,12)18/h7-14H,3-6H2,1-2H3. The lowest BCUT2D eigenvalue weighted by molar-refractivity contribution is -0.592. The van der Waals surface area contributed by atoms with E-state index < -0.39 is 0 Å². The smallest absolute Gasteiger partial charge is 0.309 e. The quantitative estimate of drug-likeness (QED) is 0.731. The van der Waals surface area contributed by atoms with Gasteiger partial charge in [-0.15, -0.1) is 0 Å². The first kappa shape index (κ1) is 12.4. The summed E-state index contributed by atoms with van der Waals surface area (Å²) < 4.78 is 10.2. The summed E-state index contributed by atoms with van der Waals surface area (Å²) in [6, 6.07) is 0. The number of esters is 2. The summed E-state index contributed by atoms with van der Waals surface area (Å²) in [7, 11) is 2.91. The van der Waals surface area contributed by atoms with Crippen molar-refractivity contribution in [3.63, 3.8) is 0 Å². The van der Waals surface area contributed by atoms with E-state index in [0.717, 1.165) is 23.7 Å². The number of hydrogen-bond donors (Lipinski definition) is 0. The molecule has 0 N–H and O–H groups in total. The predicted molar refractivity (Wildman–Crippen MR) is 75.3 cm³/mol. The molecule has 6 unspecified atom stereocenters. The van der Waals surface area contributed by atoms with E-state index in [9.17, 15) is 9.59 Å². The van der Waals surface area contributed by atoms with Gasteiger partial charge < -0.3 is 9.47 Å². The second-order valence-corrected chi connectivity index (χ2v) is 8.64. The molecule has 7 aliphatic rings. The highest BCUT2D eigenvalue weighted by Gasteiger charge is 3.03. The van der Waals surface area contributed by atoms with Crippen LogP contribution in [0.3, 0.4) is 0 Å². The topological polar surface area (TPSA) is 52.6 Å². The van der Waals surface area contributed by atoms with Crippen LogP contribution >= 0.6 is 0 Å². The second-order valence-electron chi connectivity index (χ2n) is 8.64. The number of rotatable bonds is 2. The van der Waals surface area contributed by atoms with Crippen LogP contribution in [-0.4, -0.2) is 26.2 Å². The van der Waals surface area contributed by atoms with Gasteiger partial charge in [-0.1, -0.05) is 12.8 Å². The Hall–Kier alpha value is -1.06. The van der Waals surface area contributed by atoms with Crippen LogP contribution in [0.15, 0.2) is 0 Å². The van der Waals surface area contributed by atoms with Crippen molar-refractivity contribution < 1.29 is 19.1 Å². The van der Waals surface area contributed by atoms with Crippen molar-refractivity contribution in [3.8, 4) is 0 Å². The number of fused-ring (bicyclic) bond motifs is 1. The molecular formula is C18H22O4. The predicted octanol–water partition coefficient (Wildman–Crippen LogP) is 1.88. The minimum absolute atomic E-state index is 0.169. The lowest BCUT2D eigenvalue weighted by Gasteiger charge is -3.05. The van der Waals surface area contributed by atoms with Crippen LogP contribution in [0.5, 0.6) is 0 Å². The lowest BCUT2D eigenvalue weighted by Crippen LogP contribution is -3.03. The van der Waals surface area contributed by atoms with Crippen LogP contribution < -0.4 is 0 Å². The molecule has 0 aliphatic heterocycles. The first-order valence-electron chi connectivity index (χ1n) is 8.82. The van der Waals surface area contributed by atoms with Crippen molar-refractivity contribution >= 4 is 11.9 Å². The zero-order valence-electron chi connectivity index (χ0n) is 13.1. The van der Waals surface area contributed by atoms with Crippen LogP contribution in [0.2, 0.25) is 0 Å². The maximum atomic E-state index is 12.4. The molecule has 2 spiro atoms. The molecule has 6 atom stereocenters. The van der Waals surface area contributed by atoms with Gasteiger partial charge in [0.15, 0.2) is 0 Å². The zero-order chi connectivity index (χ0) is 15.0. The molecule has 118 valence electrons. The van der Waals surface area contributed by atoms with E-state index in [2.05, 4.69) is 0 Å². The van der Waals surface area contributed by atoms with Gasteiger partial charge in [0.2, 0.25) is 0 Å². The third-order valence-electron chi connectivity index (χ3n) is 9.27. The SMILES string of the molecule is COC(=O)C1C(C(=O)OC)C2C3C4C1C1C2C32CCCCC412. The van der Waals surface area contributed by atoms with E-state index in [1.807, 2.05) is 0 Å². The van der Waals surface area contributed by atoms with Crippen molar-refractivity contribution in [2.75, 3.05) is 14.2 Å². The fraction of sp³-hybridized carbons (Fsp3) is 0.889. The molecule has 0 aromatic carbocycles. The lowest BCUT2D eigenvalue weighted by atomic mass is 8.98. The largest absolute Gasteiger partial charge is 0.469 e. The van der Waals surface area contributed by atoms with Gasteiger partial charge in [0.1, 0.15) is 0 Å². The Morgan fingerprint density at radius 2 is 1.14 bits per heavy atom. The third kappa shape index (κ3) is 0.771. The van der Waals surface area contributed by atoms with Gasteiger partial charge in [-0.2, -0.15) is 0 Å². The Morgan fingerprint density at radius 3 is 1.45 bits per heavy atom. The highest BCUT2D eigenvalue weighted by atomic mass is 16.5. The summed E-state index contributed by atoms with van der Waals surface area (Å²) >= 11 is 0. The fourth-order valence-corrected chi connectivity index (χ4v) is 9.53. The summed E-state index contributed by atoms with van der Waals surface area (Å²) in [5.41, 5.74) is 1.18. The summed E-state index contributed by atoms with van der Waals surface area (Å²) in [5.74, 6) is 2.92. The summed E-state index contributed by atoms with van der Waals surface area (Å²) in [5, 5.41) is 0. The first-order valence-corrected chi connectivity index (χ1v) is 8.82. The number of ether oxygens (including phenoxy) is 2. The van der Waals surface area contributed by atoms with Crippen molar-refractivity contribution in [2.24, 2.45) is 58.2 Å². The number of hydrogen-bond acceptors (Lipinski definition) is 4. The molecule has 0 saturated heterocycles. The maximum absolute atomic E-state index is 12.4. The van der Waals surface area contributed by atoms with Crippen LogP contribution in [0, 0.1) is 58.2 Å². The molecule has 0 amide bonds. The Morgan fingerprint density at radius 1 is 0.773 bits per heavy atom. The zero-order valence-corrected chi connectivity index (χ0v) is 13.1. The monoisotopic (exact) mass is 302 g/mol. The molecule has 2 bridgehead atoms.